The van der Waals surface area contributed by atoms with Crippen molar-refractivity contribution in [3.05, 3.63) is 99.8 Å². The monoisotopic (exact) mass is 546 g/mol. The van der Waals surface area contributed by atoms with Crippen LogP contribution in [0.3, 0.4) is 0 Å². The topological polar surface area (TPSA) is 58.6 Å². The van der Waals surface area contributed by atoms with E-state index in [0.29, 0.717) is 23.5 Å². The number of fused-ring (bicyclic) bond motifs is 1. The van der Waals surface area contributed by atoms with Crippen LogP contribution in [0.4, 0.5) is 15.8 Å². The van der Waals surface area contributed by atoms with Gasteiger partial charge in [0.2, 0.25) is 0 Å². The van der Waals surface area contributed by atoms with Crippen molar-refractivity contribution in [3.63, 3.8) is 0 Å². The highest BCUT2D eigenvalue weighted by atomic mass is 35.5. The number of hydrogen-bond donors (Lipinski definition) is 1. The maximum absolute atomic E-state index is 13.9. The minimum Gasteiger partial charge on any atom is -0.495 e. The van der Waals surface area contributed by atoms with E-state index in [2.05, 4.69) is 24.4 Å². The summed E-state index contributed by atoms with van der Waals surface area (Å²) in [7, 11) is 1.47. The summed E-state index contributed by atoms with van der Waals surface area (Å²) in [5, 5.41) is 2.86. The molecule has 1 heterocycles. The first kappa shape index (κ1) is 26.9. The van der Waals surface area contributed by atoms with E-state index in [1.807, 2.05) is 23.1 Å². The molecule has 0 saturated heterocycles. The van der Waals surface area contributed by atoms with E-state index in [0.717, 1.165) is 50.3 Å². The number of para-hydroxylation sites is 1. The molecule has 0 aromatic heterocycles. The van der Waals surface area contributed by atoms with Crippen molar-refractivity contribution in [1.29, 1.82) is 0 Å². The van der Waals surface area contributed by atoms with Crippen LogP contribution in [-0.4, -0.2) is 25.5 Å². The predicted molar refractivity (Wildman–Crippen MR) is 153 cm³/mol. The molecule has 7 heteroatoms. The quantitative estimate of drug-likeness (QED) is 0.332. The molecule has 1 atom stereocenters. The molecule has 39 heavy (non-hydrogen) atoms. The molecule has 202 valence electrons. The lowest BCUT2D eigenvalue weighted by atomic mass is 9.77. The Morgan fingerprint density at radius 2 is 1.92 bits per heavy atom. The van der Waals surface area contributed by atoms with Gasteiger partial charge in [0.1, 0.15) is 11.6 Å². The molecule has 1 fully saturated rings. The van der Waals surface area contributed by atoms with E-state index in [9.17, 15) is 14.0 Å². The normalized spacial score (nSPS) is 19.6. The minimum atomic E-state index is -0.573. The number of rotatable bonds is 5. The summed E-state index contributed by atoms with van der Waals surface area (Å²) in [5.74, 6) is -0.929. The van der Waals surface area contributed by atoms with Crippen molar-refractivity contribution < 1.29 is 18.7 Å². The maximum Gasteiger partial charge on any atom is 0.258 e. The third-order valence-electron chi connectivity index (χ3n) is 7.90. The van der Waals surface area contributed by atoms with Crippen molar-refractivity contribution in [2.45, 2.75) is 45.4 Å². The number of ether oxygens (including phenoxy) is 1. The van der Waals surface area contributed by atoms with Crippen LogP contribution in [0.15, 0.2) is 72.3 Å². The number of anilines is 2. The third kappa shape index (κ3) is 5.57. The number of nitrogens with zero attached hydrogens (tertiary/aromatic N) is 1. The number of allylic oxidation sites excluding steroid dienone is 2. The highest BCUT2D eigenvalue weighted by Gasteiger charge is 2.40. The average Bonchev–Trinajstić information content (AvgIpc) is 3.25. The van der Waals surface area contributed by atoms with Gasteiger partial charge in [-0.05, 0) is 92.0 Å². The Labute approximate surface area is 233 Å². The Bertz CT molecular complexity index is 1450. The highest BCUT2D eigenvalue weighted by Crippen LogP contribution is 2.49. The molecule has 5 rings (SSSR count). The summed E-state index contributed by atoms with van der Waals surface area (Å²) in [6, 6.07) is 16.7. The fourth-order valence-corrected chi connectivity index (χ4v) is 6.16. The lowest BCUT2D eigenvalue weighted by Gasteiger charge is -2.27. The summed E-state index contributed by atoms with van der Waals surface area (Å²) >= 11 is 6.09. The van der Waals surface area contributed by atoms with E-state index in [4.69, 9.17) is 16.3 Å². The van der Waals surface area contributed by atoms with Gasteiger partial charge < -0.3 is 15.0 Å². The van der Waals surface area contributed by atoms with Crippen molar-refractivity contribution in [1.82, 2.24) is 0 Å². The Hall–Kier alpha value is -3.64. The Balaban J connectivity index is 1.40. The molecule has 2 amide bonds. The molecular formula is C32H32ClFN2O3. The molecule has 5 nitrogen and oxygen atoms in total. The Morgan fingerprint density at radius 1 is 1.10 bits per heavy atom. The summed E-state index contributed by atoms with van der Waals surface area (Å²) in [4.78, 5) is 28.6. The number of hydrogen-bond acceptors (Lipinski definition) is 3. The van der Waals surface area contributed by atoms with Crippen molar-refractivity contribution >= 4 is 34.8 Å². The van der Waals surface area contributed by atoms with Crippen LogP contribution in [0.5, 0.6) is 5.75 Å². The van der Waals surface area contributed by atoms with Gasteiger partial charge in [0.25, 0.3) is 11.8 Å². The lowest BCUT2D eigenvalue weighted by molar-refractivity contribution is 0.0983. The Morgan fingerprint density at radius 3 is 2.72 bits per heavy atom. The zero-order valence-electron chi connectivity index (χ0n) is 22.2. The molecule has 0 bridgehead atoms. The second kappa shape index (κ2) is 11.2. The van der Waals surface area contributed by atoms with Crippen molar-refractivity contribution in [3.8, 4) is 5.75 Å². The minimum absolute atomic E-state index is 0.0119. The molecule has 1 spiro atoms. The number of amides is 2. The van der Waals surface area contributed by atoms with E-state index in [1.54, 1.807) is 18.2 Å². The first-order chi connectivity index (χ1) is 18.8. The Kier molecular flexibility index (Phi) is 7.76. The van der Waals surface area contributed by atoms with Crippen LogP contribution < -0.4 is 15.0 Å². The molecular weight excluding hydrogens is 515 g/mol. The van der Waals surface area contributed by atoms with Gasteiger partial charge in [-0.25, -0.2) is 4.39 Å². The molecule has 0 radical (unpaired) electrons. The van der Waals surface area contributed by atoms with Gasteiger partial charge in [-0.2, -0.15) is 0 Å². The van der Waals surface area contributed by atoms with E-state index < -0.39 is 11.7 Å². The largest absolute Gasteiger partial charge is 0.495 e. The smallest absolute Gasteiger partial charge is 0.258 e. The van der Waals surface area contributed by atoms with Gasteiger partial charge in [-0.15, -0.1) is 0 Å². The van der Waals surface area contributed by atoms with Crippen LogP contribution in [0.25, 0.3) is 0 Å². The van der Waals surface area contributed by atoms with E-state index >= 15 is 0 Å². The third-order valence-corrected chi connectivity index (χ3v) is 8.23. The fourth-order valence-electron chi connectivity index (χ4n) is 5.95. The maximum atomic E-state index is 13.9. The molecule has 3 aromatic rings. The standard InChI is InChI=1S/C32H32ClFN2O3/c1-3-6-21-13-14-32(19-21)15-16-36(28-8-5-4-7-23(28)20-32)31(38)22-9-12-27(29(17-22)39-2)35-30(37)25-18-24(34)10-11-26(25)33/h4-12,17-18H,3,13-16,19-20H2,1-2H3,(H,35,37)/b21-6+/t32-/m1/s1. The second-order valence-electron chi connectivity index (χ2n) is 10.5. The van der Waals surface area contributed by atoms with Gasteiger partial charge in [0, 0.05) is 17.8 Å². The molecule has 1 aliphatic carbocycles. The van der Waals surface area contributed by atoms with E-state index in [-0.39, 0.29) is 21.9 Å². The van der Waals surface area contributed by atoms with Crippen LogP contribution >= 0.6 is 11.6 Å². The number of nitrogens with one attached hydrogen (secondary N) is 1. The second-order valence-corrected chi connectivity index (χ2v) is 10.9. The summed E-state index contributed by atoms with van der Waals surface area (Å²) in [5.41, 5.74) is 4.69. The van der Waals surface area contributed by atoms with Crippen LogP contribution in [-0.2, 0) is 6.42 Å². The highest BCUT2D eigenvalue weighted by molar-refractivity contribution is 6.34. The molecule has 0 unspecified atom stereocenters. The van der Waals surface area contributed by atoms with Crippen LogP contribution in [0, 0.1) is 11.2 Å². The number of methoxy groups -OCH3 is 1. The zero-order valence-corrected chi connectivity index (χ0v) is 23.0. The summed E-state index contributed by atoms with van der Waals surface area (Å²) in [6.07, 6.45) is 8.69. The van der Waals surface area contributed by atoms with Gasteiger partial charge in [0.05, 0.1) is 23.4 Å². The zero-order chi connectivity index (χ0) is 27.6. The molecule has 1 aliphatic heterocycles. The molecule has 3 aromatic carbocycles. The van der Waals surface area contributed by atoms with Gasteiger partial charge in [-0.3, -0.25) is 9.59 Å². The predicted octanol–water partition coefficient (Wildman–Crippen LogP) is 7.84. The molecule has 2 aliphatic rings. The summed E-state index contributed by atoms with van der Waals surface area (Å²) < 4.78 is 19.2. The van der Waals surface area contributed by atoms with Crippen molar-refractivity contribution in [2.24, 2.45) is 5.41 Å². The number of carbonyl (C=O) groups is 2. The molecule has 1 N–H and O–H groups in total. The fraction of sp³-hybridized carbons (Fsp3) is 0.312. The number of benzene rings is 3. The van der Waals surface area contributed by atoms with Crippen LogP contribution in [0.1, 0.15) is 65.3 Å². The first-order valence-corrected chi connectivity index (χ1v) is 13.7. The lowest BCUT2D eigenvalue weighted by Crippen LogP contribution is -2.33. The average molecular weight is 547 g/mol. The van der Waals surface area contributed by atoms with Crippen LogP contribution in [0.2, 0.25) is 5.02 Å². The first-order valence-electron chi connectivity index (χ1n) is 13.3. The van der Waals surface area contributed by atoms with Gasteiger partial charge in [0.15, 0.2) is 0 Å². The number of carbonyl (C=O) groups excluding carboxylic acids is 2. The SMILES string of the molecule is CC/C=C1\CC[C@@]2(CCN(C(=O)c3ccc(NC(=O)c4cc(F)ccc4Cl)c(OC)c3)c3ccccc3C2)C1. The molecule has 1 saturated carbocycles. The number of halogens is 2. The van der Waals surface area contributed by atoms with E-state index in [1.165, 1.54) is 30.4 Å². The van der Waals surface area contributed by atoms with Gasteiger partial charge >= 0.3 is 0 Å². The van der Waals surface area contributed by atoms with Crippen molar-refractivity contribution in [2.75, 3.05) is 23.9 Å². The van der Waals surface area contributed by atoms with Gasteiger partial charge in [-0.1, -0.05) is 48.4 Å². The summed E-state index contributed by atoms with van der Waals surface area (Å²) in [6.45, 7) is 2.82.